The molecule has 0 N–H and O–H groups in total. The van der Waals surface area contributed by atoms with Gasteiger partial charge in [0.15, 0.2) is 5.78 Å². The number of halogens is 1. The number of nitrogens with zero attached hydrogens (tertiary/aromatic N) is 2. The fraction of sp³-hybridized carbons (Fsp3) is 0.571. The summed E-state index contributed by atoms with van der Waals surface area (Å²) in [6.07, 6.45) is 2.54. The predicted molar refractivity (Wildman–Crippen MR) is 97.7 cm³/mol. The Balaban J connectivity index is 1.75. The number of fused-ring (bicyclic) bond motifs is 2. The number of carbonyl (C=O) groups excluding carboxylic acids is 2. The molecule has 1 amide bonds. The molecule has 0 saturated carbocycles. The van der Waals surface area contributed by atoms with E-state index in [9.17, 15) is 14.0 Å². The SMILES string of the molecule is CC(C)(C)OC(=O)N1C2CCC1CC(C(=O)c1cc(CC#N)ccc1F)C2. The van der Waals surface area contributed by atoms with E-state index in [2.05, 4.69) is 0 Å². The van der Waals surface area contributed by atoms with Crippen LogP contribution >= 0.6 is 0 Å². The van der Waals surface area contributed by atoms with Crippen LogP contribution in [-0.2, 0) is 11.2 Å². The molecule has 2 unspecified atom stereocenters. The van der Waals surface area contributed by atoms with E-state index in [0.717, 1.165) is 12.8 Å². The molecule has 2 fully saturated rings. The van der Waals surface area contributed by atoms with E-state index < -0.39 is 11.4 Å². The summed E-state index contributed by atoms with van der Waals surface area (Å²) in [5, 5.41) is 8.83. The van der Waals surface area contributed by atoms with Crippen molar-refractivity contribution >= 4 is 11.9 Å². The first-order valence-electron chi connectivity index (χ1n) is 9.40. The smallest absolute Gasteiger partial charge is 0.410 e. The van der Waals surface area contributed by atoms with Crippen molar-refractivity contribution in [3.63, 3.8) is 0 Å². The van der Waals surface area contributed by atoms with Gasteiger partial charge in [-0.25, -0.2) is 9.18 Å². The van der Waals surface area contributed by atoms with Crippen molar-refractivity contribution in [1.82, 2.24) is 4.90 Å². The second-order valence-corrected chi connectivity index (χ2v) is 8.45. The summed E-state index contributed by atoms with van der Waals surface area (Å²) < 4.78 is 19.7. The van der Waals surface area contributed by atoms with E-state index in [-0.39, 0.29) is 41.9 Å². The molecule has 5 nitrogen and oxygen atoms in total. The van der Waals surface area contributed by atoms with Crippen molar-refractivity contribution in [2.75, 3.05) is 0 Å². The number of benzene rings is 1. The Morgan fingerprint density at radius 2 is 1.89 bits per heavy atom. The van der Waals surface area contributed by atoms with Crippen LogP contribution in [0.15, 0.2) is 18.2 Å². The number of carbonyl (C=O) groups is 2. The van der Waals surface area contributed by atoms with Gasteiger partial charge in [0.05, 0.1) is 18.1 Å². The van der Waals surface area contributed by atoms with Gasteiger partial charge in [-0.15, -0.1) is 0 Å². The summed E-state index contributed by atoms with van der Waals surface area (Å²) >= 11 is 0. The van der Waals surface area contributed by atoms with E-state index in [4.69, 9.17) is 10.00 Å². The van der Waals surface area contributed by atoms with Crippen LogP contribution in [0, 0.1) is 23.1 Å². The highest BCUT2D eigenvalue weighted by atomic mass is 19.1. The molecule has 1 aromatic carbocycles. The summed E-state index contributed by atoms with van der Waals surface area (Å²) in [4.78, 5) is 27.2. The van der Waals surface area contributed by atoms with E-state index in [1.807, 2.05) is 26.8 Å². The number of piperidine rings is 1. The van der Waals surface area contributed by atoms with Crippen LogP contribution in [0.5, 0.6) is 0 Å². The first kappa shape index (κ1) is 19.3. The summed E-state index contributed by atoms with van der Waals surface area (Å²) in [5.41, 5.74) is 0.127. The van der Waals surface area contributed by atoms with Gasteiger partial charge in [0.25, 0.3) is 0 Å². The van der Waals surface area contributed by atoms with Crippen molar-refractivity contribution in [2.45, 2.75) is 70.6 Å². The number of rotatable bonds is 3. The Bertz CT molecular complexity index is 780. The predicted octanol–water partition coefficient (Wildman–Crippen LogP) is 4.25. The molecule has 0 aromatic heterocycles. The second-order valence-electron chi connectivity index (χ2n) is 8.45. The van der Waals surface area contributed by atoms with Crippen molar-refractivity contribution in [1.29, 1.82) is 5.26 Å². The quantitative estimate of drug-likeness (QED) is 0.744. The van der Waals surface area contributed by atoms with E-state index in [1.165, 1.54) is 18.2 Å². The summed E-state index contributed by atoms with van der Waals surface area (Å²) in [6.45, 7) is 5.50. The van der Waals surface area contributed by atoms with Crippen molar-refractivity contribution in [3.8, 4) is 6.07 Å². The minimum absolute atomic E-state index is 0.0436. The molecule has 1 aromatic rings. The van der Waals surface area contributed by atoms with Crippen LogP contribution < -0.4 is 0 Å². The maximum atomic E-state index is 14.2. The minimum atomic E-state index is -0.562. The summed E-state index contributed by atoms with van der Waals surface area (Å²) in [5.74, 6) is -1.09. The van der Waals surface area contributed by atoms with Crippen LogP contribution in [0.1, 0.15) is 62.4 Å². The highest BCUT2D eigenvalue weighted by Crippen LogP contribution is 2.41. The molecule has 144 valence electrons. The molecule has 2 heterocycles. The molecule has 3 rings (SSSR count). The fourth-order valence-electron chi connectivity index (χ4n) is 4.19. The van der Waals surface area contributed by atoms with Gasteiger partial charge in [0.2, 0.25) is 0 Å². The fourth-order valence-corrected chi connectivity index (χ4v) is 4.19. The molecule has 0 aliphatic carbocycles. The molecule has 2 bridgehead atoms. The normalized spacial score (nSPS) is 24.4. The standard InChI is InChI=1S/C21H25FN2O3/c1-21(2,3)27-20(26)24-15-5-6-16(24)12-14(11-15)19(25)17-10-13(8-9-23)4-7-18(17)22/h4,7,10,14-16H,5-6,8,11-12H2,1-3H3. The first-order valence-corrected chi connectivity index (χ1v) is 9.40. The molecule has 2 aliphatic rings. The number of ketones is 1. The Labute approximate surface area is 159 Å². The second kappa shape index (κ2) is 7.30. The lowest BCUT2D eigenvalue weighted by molar-refractivity contribution is 0.00250. The molecule has 0 radical (unpaired) electrons. The van der Waals surface area contributed by atoms with Crippen molar-refractivity contribution in [2.24, 2.45) is 5.92 Å². The first-order chi connectivity index (χ1) is 12.7. The number of hydrogen-bond acceptors (Lipinski definition) is 4. The Morgan fingerprint density at radius 3 is 2.44 bits per heavy atom. The number of amides is 1. The van der Waals surface area contributed by atoms with Gasteiger partial charge in [-0.2, -0.15) is 5.26 Å². The Morgan fingerprint density at radius 1 is 1.26 bits per heavy atom. The third-order valence-corrected chi connectivity index (χ3v) is 5.29. The molecule has 2 atom stereocenters. The monoisotopic (exact) mass is 372 g/mol. The maximum absolute atomic E-state index is 14.2. The van der Waals surface area contributed by atoms with E-state index in [0.29, 0.717) is 18.4 Å². The number of nitriles is 1. The number of Topliss-reactive ketones (excluding diaryl/α,β-unsaturated/α-hetero) is 1. The minimum Gasteiger partial charge on any atom is -0.444 e. The summed E-state index contributed by atoms with van der Waals surface area (Å²) in [7, 11) is 0. The number of hydrogen-bond donors (Lipinski definition) is 0. The lowest BCUT2D eigenvalue weighted by Crippen LogP contribution is -2.49. The lowest BCUT2D eigenvalue weighted by Gasteiger charge is -2.39. The average molecular weight is 372 g/mol. The van der Waals surface area contributed by atoms with Crippen LogP contribution in [0.3, 0.4) is 0 Å². The zero-order valence-electron chi connectivity index (χ0n) is 16.0. The van der Waals surface area contributed by atoms with Gasteiger partial charge >= 0.3 is 6.09 Å². The van der Waals surface area contributed by atoms with Gasteiger partial charge in [0.1, 0.15) is 11.4 Å². The maximum Gasteiger partial charge on any atom is 0.410 e. The molecular formula is C21H25FN2O3. The third-order valence-electron chi connectivity index (χ3n) is 5.29. The van der Waals surface area contributed by atoms with Gasteiger partial charge in [-0.1, -0.05) is 6.07 Å². The van der Waals surface area contributed by atoms with Gasteiger partial charge in [-0.05, 0) is 64.2 Å². The largest absolute Gasteiger partial charge is 0.444 e. The van der Waals surface area contributed by atoms with Crippen molar-refractivity contribution < 1.29 is 18.7 Å². The van der Waals surface area contributed by atoms with Gasteiger partial charge in [0, 0.05) is 18.0 Å². The van der Waals surface area contributed by atoms with Crippen LogP contribution in [0.25, 0.3) is 0 Å². The highest BCUT2D eigenvalue weighted by Gasteiger charge is 2.46. The molecule has 2 aliphatic heterocycles. The zero-order chi connectivity index (χ0) is 19.8. The molecule has 0 spiro atoms. The molecule has 27 heavy (non-hydrogen) atoms. The van der Waals surface area contributed by atoms with Crippen LogP contribution in [-0.4, -0.2) is 34.5 Å². The molecule has 6 heteroatoms. The van der Waals surface area contributed by atoms with E-state index in [1.54, 1.807) is 4.90 Å². The van der Waals surface area contributed by atoms with Crippen LogP contribution in [0.2, 0.25) is 0 Å². The van der Waals surface area contributed by atoms with Gasteiger partial charge < -0.3 is 9.64 Å². The lowest BCUT2D eigenvalue weighted by atomic mass is 9.84. The third kappa shape index (κ3) is 4.13. The van der Waals surface area contributed by atoms with Crippen LogP contribution in [0.4, 0.5) is 9.18 Å². The topological polar surface area (TPSA) is 70.4 Å². The molecular weight excluding hydrogens is 347 g/mol. The zero-order valence-corrected chi connectivity index (χ0v) is 16.0. The average Bonchev–Trinajstić information content (AvgIpc) is 2.85. The van der Waals surface area contributed by atoms with E-state index >= 15 is 0 Å². The van der Waals surface area contributed by atoms with Gasteiger partial charge in [-0.3, -0.25) is 4.79 Å². The highest BCUT2D eigenvalue weighted by molar-refractivity contribution is 5.98. The van der Waals surface area contributed by atoms with Crippen molar-refractivity contribution in [3.05, 3.63) is 35.1 Å². The molecule has 2 saturated heterocycles. The summed E-state index contributed by atoms with van der Waals surface area (Å²) in [6, 6.07) is 6.21. The Kier molecular flexibility index (Phi) is 5.23. The number of ether oxygens (including phenoxy) is 1. The Hall–Kier alpha value is -2.42.